The van der Waals surface area contributed by atoms with Gasteiger partial charge in [0.05, 0.1) is 0 Å². The first-order valence-electron chi connectivity index (χ1n) is 3.64. The first kappa shape index (κ1) is 9.43. The highest BCUT2D eigenvalue weighted by Crippen LogP contribution is 2.38. The largest absolute Gasteiger partial charge is 0.341 e. The average Bonchev–Trinajstić information content (AvgIpc) is 2.05. The predicted octanol–water partition coefficient (Wildman–Crippen LogP) is 1.74. The normalized spacial score (nSPS) is 15.6. The van der Waals surface area contributed by atoms with Crippen LogP contribution in [0.25, 0.3) is 0 Å². The summed E-state index contributed by atoms with van der Waals surface area (Å²) in [5, 5.41) is 0.311. The molecular weight excluding hydrogens is 178 g/mol. The van der Waals surface area contributed by atoms with Crippen molar-refractivity contribution in [2.24, 2.45) is 0 Å². The monoisotopic (exact) mass is 188 g/mol. The van der Waals surface area contributed by atoms with E-state index in [0.717, 1.165) is 0 Å². The molecule has 4 heteroatoms. The van der Waals surface area contributed by atoms with E-state index < -0.39 is 13.2 Å². The summed E-state index contributed by atoms with van der Waals surface area (Å²) in [7, 11) is -3.21. The van der Waals surface area contributed by atoms with Crippen LogP contribution < -0.4 is 5.30 Å². The van der Waals surface area contributed by atoms with E-state index in [1.807, 2.05) is 0 Å². The fraction of sp³-hybridized carbons (Fsp3) is 0.250. The van der Waals surface area contributed by atoms with Crippen molar-refractivity contribution in [2.75, 3.05) is 6.16 Å². The molecule has 0 bridgehead atoms. The number of rotatable bonds is 2. The van der Waals surface area contributed by atoms with Gasteiger partial charge >= 0.3 is 0 Å². The van der Waals surface area contributed by atoms with Gasteiger partial charge in [0.1, 0.15) is 5.82 Å². The van der Waals surface area contributed by atoms with Gasteiger partial charge in [0.15, 0.2) is 0 Å². The highest BCUT2D eigenvalue weighted by atomic mass is 31.2. The molecule has 1 unspecified atom stereocenters. The summed E-state index contributed by atoms with van der Waals surface area (Å²) in [5.74, 6) is -0.394. The lowest BCUT2D eigenvalue weighted by Gasteiger charge is -2.07. The Morgan fingerprint density at radius 3 is 2.33 bits per heavy atom. The van der Waals surface area contributed by atoms with Crippen LogP contribution in [0.4, 0.5) is 4.39 Å². The molecule has 2 nitrogen and oxygen atoms in total. The minimum absolute atomic E-state index is 0.179. The van der Waals surface area contributed by atoms with Crippen LogP contribution in [0.2, 0.25) is 0 Å². The standard InChI is InChI=1S/C8H10FO2P/c1-2-12(10,11)8-5-3-7(9)4-6-8/h3-6H,2H2,1H3,(H,10,11). The highest BCUT2D eigenvalue weighted by molar-refractivity contribution is 7.66. The maximum Gasteiger partial charge on any atom is 0.229 e. The Bertz CT molecular complexity index is 307. The molecule has 0 aliphatic rings. The summed E-state index contributed by atoms with van der Waals surface area (Å²) in [6.45, 7) is 1.63. The van der Waals surface area contributed by atoms with Crippen molar-refractivity contribution in [3.05, 3.63) is 30.1 Å². The molecule has 1 aromatic carbocycles. The van der Waals surface area contributed by atoms with Crippen LogP contribution in [0.5, 0.6) is 0 Å². The Balaban J connectivity index is 3.05. The van der Waals surface area contributed by atoms with Gasteiger partial charge in [-0.25, -0.2) is 4.39 Å². The van der Waals surface area contributed by atoms with Gasteiger partial charge in [-0.05, 0) is 24.3 Å². The molecule has 0 saturated carbocycles. The molecule has 1 atom stereocenters. The topological polar surface area (TPSA) is 37.3 Å². The number of hydrogen-bond donors (Lipinski definition) is 1. The van der Waals surface area contributed by atoms with Crippen LogP contribution in [0.15, 0.2) is 24.3 Å². The summed E-state index contributed by atoms with van der Waals surface area (Å²) in [5.41, 5.74) is 0. The maximum absolute atomic E-state index is 12.4. The van der Waals surface area contributed by atoms with Crippen LogP contribution in [-0.2, 0) is 4.57 Å². The van der Waals surface area contributed by atoms with E-state index in [1.54, 1.807) is 6.92 Å². The molecule has 1 aromatic rings. The molecule has 0 heterocycles. The van der Waals surface area contributed by atoms with E-state index in [0.29, 0.717) is 5.30 Å². The molecule has 66 valence electrons. The number of hydrogen-bond acceptors (Lipinski definition) is 1. The molecule has 0 spiro atoms. The van der Waals surface area contributed by atoms with Crippen molar-refractivity contribution >= 4 is 12.7 Å². The first-order valence-corrected chi connectivity index (χ1v) is 5.48. The van der Waals surface area contributed by atoms with Gasteiger partial charge in [-0.15, -0.1) is 0 Å². The lowest BCUT2D eigenvalue weighted by atomic mass is 10.4. The smallest absolute Gasteiger partial charge is 0.229 e. The van der Waals surface area contributed by atoms with Gasteiger partial charge in [0, 0.05) is 11.5 Å². The average molecular weight is 188 g/mol. The Kier molecular flexibility index (Phi) is 2.65. The Labute approximate surface area is 70.5 Å². The Hall–Kier alpha value is -0.660. The van der Waals surface area contributed by atoms with Crippen LogP contribution in [-0.4, -0.2) is 11.1 Å². The third-order valence-corrected chi connectivity index (χ3v) is 3.62. The highest BCUT2D eigenvalue weighted by Gasteiger charge is 2.17. The third-order valence-electron chi connectivity index (χ3n) is 1.66. The Morgan fingerprint density at radius 2 is 1.92 bits per heavy atom. The molecule has 0 fully saturated rings. The second-order valence-corrected chi connectivity index (χ2v) is 5.05. The third kappa shape index (κ3) is 1.93. The van der Waals surface area contributed by atoms with Crippen molar-refractivity contribution in [3.63, 3.8) is 0 Å². The minimum atomic E-state index is -3.21. The SMILES string of the molecule is CCP(=O)(O)c1ccc(F)cc1. The lowest BCUT2D eigenvalue weighted by Crippen LogP contribution is -2.05. The zero-order chi connectivity index (χ0) is 9.19. The van der Waals surface area contributed by atoms with E-state index in [-0.39, 0.29) is 6.16 Å². The maximum atomic E-state index is 12.4. The van der Waals surface area contributed by atoms with Gasteiger partial charge in [-0.2, -0.15) is 0 Å². The molecule has 0 amide bonds. The summed E-state index contributed by atoms with van der Waals surface area (Å²) in [4.78, 5) is 9.32. The predicted molar refractivity (Wildman–Crippen MR) is 46.4 cm³/mol. The summed E-state index contributed by atoms with van der Waals surface area (Å²) in [6.07, 6.45) is 0.179. The van der Waals surface area contributed by atoms with E-state index in [2.05, 4.69) is 0 Å². The van der Waals surface area contributed by atoms with Crippen molar-refractivity contribution in [3.8, 4) is 0 Å². The van der Waals surface area contributed by atoms with E-state index >= 15 is 0 Å². The second-order valence-electron chi connectivity index (χ2n) is 2.49. The number of halogens is 1. The van der Waals surface area contributed by atoms with Crippen LogP contribution >= 0.6 is 7.37 Å². The van der Waals surface area contributed by atoms with Crippen LogP contribution in [0.3, 0.4) is 0 Å². The fourth-order valence-electron chi connectivity index (χ4n) is 0.857. The van der Waals surface area contributed by atoms with E-state index in [4.69, 9.17) is 0 Å². The molecule has 0 saturated heterocycles. The van der Waals surface area contributed by atoms with Gasteiger partial charge in [-0.3, -0.25) is 4.57 Å². The fourth-order valence-corrected chi connectivity index (χ4v) is 1.84. The van der Waals surface area contributed by atoms with Crippen LogP contribution in [0.1, 0.15) is 6.92 Å². The zero-order valence-corrected chi connectivity index (χ0v) is 7.59. The first-order chi connectivity index (χ1) is 5.56. The second kappa shape index (κ2) is 3.38. The quantitative estimate of drug-likeness (QED) is 0.718. The molecule has 1 rings (SSSR count). The van der Waals surface area contributed by atoms with Gasteiger partial charge < -0.3 is 4.89 Å². The molecular formula is C8H10FO2P. The lowest BCUT2D eigenvalue weighted by molar-refractivity contribution is 0.491. The number of benzene rings is 1. The summed E-state index contributed by atoms with van der Waals surface area (Å²) < 4.78 is 23.7. The van der Waals surface area contributed by atoms with Crippen molar-refractivity contribution in [2.45, 2.75) is 6.92 Å². The van der Waals surface area contributed by atoms with Gasteiger partial charge in [-0.1, -0.05) is 6.92 Å². The zero-order valence-electron chi connectivity index (χ0n) is 6.70. The van der Waals surface area contributed by atoms with Crippen molar-refractivity contribution < 1.29 is 13.8 Å². The Morgan fingerprint density at radius 1 is 1.42 bits per heavy atom. The van der Waals surface area contributed by atoms with E-state index in [1.165, 1.54) is 24.3 Å². The van der Waals surface area contributed by atoms with E-state index in [9.17, 15) is 13.8 Å². The summed E-state index contributed by atoms with van der Waals surface area (Å²) in [6, 6.07) is 5.07. The van der Waals surface area contributed by atoms with Crippen molar-refractivity contribution in [1.82, 2.24) is 0 Å². The molecule has 0 aromatic heterocycles. The van der Waals surface area contributed by atoms with Gasteiger partial charge in [0.2, 0.25) is 7.37 Å². The molecule has 0 aliphatic carbocycles. The summed E-state index contributed by atoms with van der Waals surface area (Å²) >= 11 is 0. The van der Waals surface area contributed by atoms with Crippen LogP contribution in [0, 0.1) is 5.82 Å². The molecule has 1 N–H and O–H groups in total. The molecule has 0 aliphatic heterocycles. The molecule has 12 heavy (non-hydrogen) atoms. The molecule has 0 radical (unpaired) electrons. The van der Waals surface area contributed by atoms with Gasteiger partial charge in [0.25, 0.3) is 0 Å². The minimum Gasteiger partial charge on any atom is -0.341 e. The van der Waals surface area contributed by atoms with Crippen molar-refractivity contribution in [1.29, 1.82) is 0 Å².